The molecule has 2 unspecified atom stereocenters. The third-order valence-electron chi connectivity index (χ3n) is 14.2. The van der Waals surface area contributed by atoms with Gasteiger partial charge in [-0.1, -0.05) is 28.5 Å². The highest BCUT2D eigenvalue weighted by atomic mass is 32.1. The Kier molecular flexibility index (Phi) is 16.3. The number of amides is 4. The molecule has 5 aliphatic rings. The minimum absolute atomic E-state index is 0.00845. The summed E-state index contributed by atoms with van der Waals surface area (Å²) in [6, 6.07) is 11.2. The van der Waals surface area contributed by atoms with E-state index in [1.807, 2.05) is 46.0 Å². The Hall–Kier alpha value is -6.70. The number of para-hydroxylation sites is 1. The van der Waals surface area contributed by atoms with Gasteiger partial charge in [0.15, 0.2) is 11.4 Å². The van der Waals surface area contributed by atoms with Crippen LogP contribution in [0.4, 0.5) is 32.0 Å². The third kappa shape index (κ3) is 12.6. The minimum atomic E-state index is -4.55. The van der Waals surface area contributed by atoms with Crippen LogP contribution in [0.3, 0.4) is 0 Å². The minimum Gasteiger partial charge on any atom is -0.382 e. The maximum absolute atomic E-state index is 12.9. The smallest absolute Gasteiger partial charge is 0.382 e. The fraction of sp³-hybridized carbons (Fsp3) is 0.520. The molecule has 3 saturated heterocycles. The Morgan fingerprint density at radius 3 is 1.53 bits per heavy atom. The van der Waals surface area contributed by atoms with Gasteiger partial charge in [0.25, 0.3) is 11.8 Å². The summed E-state index contributed by atoms with van der Waals surface area (Å²) in [6.07, 6.45) is -3.64. The number of oxime groups is 2. The lowest BCUT2D eigenvalue weighted by molar-refractivity contribution is -0.143. The van der Waals surface area contributed by atoms with Gasteiger partial charge in [0.1, 0.15) is 24.5 Å². The largest absolute Gasteiger partial charge is 0.435 e. The lowest BCUT2D eigenvalue weighted by Gasteiger charge is -2.31. The Labute approximate surface area is 441 Å². The molecule has 4 amide bonds. The second kappa shape index (κ2) is 22.9. The van der Waals surface area contributed by atoms with E-state index in [0.29, 0.717) is 87.5 Å². The molecule has 0 spiro atoms. The molecule has 0 bridgehead atoms. The Bertz CT molecular complexity index is 2950. The highest BCUT2D eigenvalue weighted by Gasteiger charge is 2.38. The van der Waals surface area contributed by atoms with E-state index in [2.05, 4.69) is 20.5 Å². The van der Waals surface area contributed by atoms with E-state index in [1.165, 1.54) is 36.5 Å². The fourth-order valence-corrected chi connectivity index (χ4v) is 11.7. The summed E-state index contributed by atoms with van der Waals surface area (Å²) >= 11 is 3.04. The van der Waals surface area contributed by atoms with Crippen LogP contribution < -0.4 is 4.90 Å². The van der Waals surface area contributed by atoms with Gasteiger partial charge in [-0.05, 0) is 83.1 Å². The number of piperidine rings is 3. The predicted octanol–water partition coefficient (Wildman–Crippen LogP) is 7.81. The summed E-state index contributed by atoms with van der Waals surface area (Å²) in [5.41, 5.74) is 2.07. The molecule has 5 aliphatic heterocycles. The molecule has 0 N–H and O–H groups in total. The number of anilines is 1. The molecule has 76 heavy (non-hydrogen) atoms. The first-order chi connectivity index (χ1) is 36.3. The highest BCUT2D eigenvalue weighted by Crippen LogP contribution is 2.35. The number of nitrogens with zero attached hydrogens (tertiary/aromatic N) is 12. The van der Waals surface area contributed by atoms with E-state index in [0.717, 1.165) is 75.2 Å². The average Bonchev–Trinajstić information content (AvgIpc) is 4.29. The molecule has 10 rings (SSSR count). The van der Waals surface area contributed by atoms with Crippen LogP contribution in [-0.2, 0) is 54.3 Å². The van der Waals surface area contributed by atoms with Crippen molar-refractivity contribution in [1.29, 1.82) is 0 Å². The summed E-state index contributed by atoms with van der Waals surface area (Å²) in [5, 5.41) is 21.1. The van der Waals surface area contributed by atoms with Crippen LogP contribution in [0, 0.1) is 13.8 Å². The Morgan fingerprint density at radius 2 is 1.08 bits per heavy atom. The number of carbonyl (C=O) groups is 4. The highest BCUT2D eigenvalue weighted by molar-refractivity contribution is 7.10. The topological polar surface area (TPSA) is 186 Å². The van der Waals surface area contributed by atoms with Crippen LogP contribution in [0.2, 0.25) is 0 Å². The molecule has 4 aromatic heterocycles. The van der Waals surface area contributed by atoms with Gasteiger partial charge in [-0.3, -0.25) is 28.5 Å². The first kappa shape index (κ1) is 54.1. The van der Waals surface area contributed by atoms with Crippen molar-refractivity contribution in [3.8, 4) is 0 Å². The van der Waals surface area contributed by atoms with Gasteiger partial charge in [0.2, 0.25) is 24.0 Å². The second-order valence-electron chi connectivity index (χ2n) is 19.4. The average molecular weight is 1100 g/mol. The number of likely N-dealkylation sites (N-methyl/N-ethyl adjacent to an activating group) is 1. The first-order valence-corrected chi connectivity index (χ1v) is 26.8. The van der Waals surface area contributed by atoms with Crippen molar-refractivity contribution in [2.75, 3.05) is 51.2 Å². The number of halogens is 6. The number of hydrogen-bond donors (Lipinski definition) is 0. The van der Waals surface area contributed by atoms with Crippen LogP contribution in [0.25, 0.3) is 0 Å². The SMILES string of the molecule is Cc1cc(C(F)(F)F)nn1CC(=O)N1CCC(c2nc(C3=NOC(C(=O)N(C)c4ccccc4)C3)cs2)CC1.Cc1cc(C(F)(F)F)nn1CC(=O)N1CCC(c2nc(C3=NOC(C(=O)N4CCCCC4)C3)cs2)CC1. The van der Waals surface area contributed by atoms with Crippen LogP contribution in [0.5, 0.6) is 0 Å². The van der Waals surface area contributed by atoms with E-state index >= 15 is 0 Å². The third-order valence-corrected chi connectivity index (χ3v) is 16.2. The van der Waals surface area contributed by atoms with Crippen molar-refractivity contribution in [3.05, 3.63) is 97.4 Å². The van der Waals surface area contributed by atoms with E-state index in [9.17, 15) is 45.5 Å². The van der Waals surface area contributed by atoms with Crippen molar-refractivity contribution in [3.63, 3.8) is 0 Å². The van der Waals surface area contributed by atoms with Gasteiger partial charge in [0, 0.05) is 98.8 Å². The molecule has 0 radical (unpaired) electrons. The number of alkyl halides is 6. The molecule has 3 fully saturated rings. The maximum atomic E-state index is 12.9. The monoisotopic (exact) mass is 1100 g/mol. The predicted molar refractivity (Wildman–Crippen MR) is 268 cm³/mol. The zero-order valence-corrected chi connectivity index (χ0v) is 43.6. The molecule has 406 valence electrons. The number of carbonyl (C=O) groups excluding carboxylic acids is 4. The normalized spacial score (nSPS) is 19.6. The van der Waals surface area contributed by atoms with Crippen molar-refractivity contribution in [2.24, 2.45) is 10.3 Å². The zero-order valence-electron chi connectivity index (χ0n) is 41.9. The van der Waals surface area contributed by atoms with Crippen LogP contribution in [0.1, 0.15) is 114 Å². The van der Waals surface area contributed by atoms with Crippen molar-refractivity contribution >= 4 is 63.4 Å². The van der Waals surface area contributed by atoms with Crippen molar-refractivity contribution < 1.29 is 55.2 Å². The van der Waals surface area contributed by atoms with Gasteiger partial charge in [-0.25, -0.2) is 9.97 Å². The Morgan fingerprint density at radius 1 is 0.632 bits per heavy atom. The van der Waals surface area contributed by atoms with E-state index in [4.69, 9.17) is 19.6 Å². The summed E-state index contributed by atoms with van der Waals surface area (Å²) in [5.74, 6) is -0.374. The van der Waals surface area contributed by atoms with Gasteiger partial charge in [-0.2, -0.15) is 36.5 Å². The van der Waals surface area contributed by atoms with E-state index < -0.39 is 35.9 Å². The lowest BCUT2D eigenvalue weighted by Crippen LogP contribution is -2.42. The number of rotatable bonds is 11. The van der Waals surface area contributed by atoms with Gasteiger partial charge < -0.3 is 29.3 Å². The molecule has 9 heterocycles. The standard InChI is InChI=1S/C26H27F3N6O3S.C24H29F3N6O3S/c1-16-12-22(26(27,28)29)31-35(16)14-23(36)34-10-8-17(9-11-34)24-30-20(15-39-24)19-13-21(38-32-19)25(37)33(2)18-6-4-3-5-7-18;1-15-11-20(24(25,26)27)29-33(15)13-21(34)31-9-5-16(6-10-31)22-28-18(14-37-22)17-12-19(36-30-17)23(35)32-7-3-2-4-8-32/h3-7,12,15,17,21H,8-11,13-14H2,1-2H3;11,14,16,19H,2-10,12-13H2,1H3. The van der Waals surface area contributed by atoms with Gasteiger partial charge >= 0.3 is 12.4 Å². The number of likely N-dealkylation sites (tertiary alicyclic amines) is 3. The van der Waals surface area contributed by atoms with E-state index in [1.54, 1.807) is 21.7 Å². The molecule has 0 saturated carbocycles. The molecule has 2 atom stereocenters. The molecule has 18 nitrogen and oxygen atoms in total. The molecule has 0 aliphatic carbocycles. The zero-order chi connectivity index (χ0) is 53.9. The van der Waals surface area contributed by atoms with Gasteiger partial charge in [0.05, 0.1) is 21.4 Å². The maximum Gasteiger partial charge on any atom is 0.435 e. The summed E-state index contributed by atoms with van der Waals surface area (Å²) in [6.45, 7) is 6.07. The molecular weight excluding hydrogens is 1040 g/mol. The molecular formula is C50H56F6N12O6S2. The number of aromatic nitrogens is 6. The fourth-order valence-electron chi connectivity index (χ4n) is 9.68. The van der Waals surface area contributed by atoms with Crippen LogP contribution >= 0.6 is 22.7 Å². The van der Waals surface area contributed by atoms with Crippen LogP contribution in [0.15, 0.2) is 63.5 Å². The van der Waals surface area contributed by atoms with Gasteiger partial charge in [-0.15, -0.1) is 22.7 Å². The van der Waals surface area contributed by atoms with Crippen molar-refractivity contribution in [1.82, 2.24) is 44.2 Å². The quantitative estimate of drug-likeness (QED) is 0.118. The lowest BCUT2D eigenvalue weighted by atomic mass is 9.97. The first-order valence-electron chi connectivity index (χ1n) is 25.1. The van der Waals surface area contributed by atoms with E-state index in [-0.39, 0.29) is 54.2 Å². The molecule has 26 heteroatoms. The summed E-state index contributed by atoms with van der Waals surface area (Å²) in [4.78, 5) is 78.2. The number of aryl methyl sites for hydroxylation is 2. The summed E-state index contributed by atoms with van der Waals surface area (Å²) in [7, 11) is 1.70. The number of benzene rings is 1. The van der Waals surface area contributed by atoms with Crippen LogP contribution in [-0.4, -0.2) is 138 Å². The Balaban J connectivity index is 0.000000186. The summed E-state index contributed by atoms with van der Waals surface area (Å²) < 4.78 is 79.7. The number of thiazole rings is 2. The number of hydrogen-bond acceptors (Lipinski definition) is 14. The second-order valence-corrected chi connectivity index (χ2v) is 21.2. The molecule has 1 aromatic carbocycles. The molecule has 5 aromatic rings. The van der Waals surface area contributed by atoms with Crippen molar-refractivity contribution in [2.45, 2.75) is 121 Å².